The summed E-state index contributed by atoms with van der Waals surface area (Å²) in [6.07, 6.45) is -0.809. The maximum atomic E-state index is 13.3. The Kier molecular flexibility index (Phi) is 7.67. The summed E-state index contributed by atoms with van der Waals surface area (Å²) < 4.78 is 39.6. The highest BCUT2D eigenvalue weighted by Crippen LogP contribution is 2.56. The molecule has 9 nitrogen and oxygen atoms in total. The summed E-state index contributed by atoms with van der Waals surface area (Å²) in [5.74, 6) is -0.407. The lowest BCUT2D eigenvalue weighted by molar-refractivity contribution is -0.141. The van der Waals surface area contributed by atoms with Crippen molar-refractivity contribution in [3.05, 3.63) is 75.8 Å². The minimum atomic E-state index is -0.809. The van der Waals surface area contributed by atoms with Gasteiger partial charge < -0.3 is 33.2 Å². The fraction of sp³-hybridized carbons (Fsp3) is 0.333. The van der Waals surface area contributed by atoms with Gasteiger partial charge in [0.2, 0.25) is 5.75 Å². The molecule has 1 aliphatic carbocycles. The Morgan fingerprint density at radius 2 is 1.45 bits per heavy atom. The molecule has 2 aliphatic rings. The highest BCUT2D eigenvalue weighted by molar-refractivity contribution is 6.30. The average molecular weight is 569 g/mol. The van der Waals surface area contributed by atoms with Crippen molar-refractivity contribution in [2.45, 2.75) is 12.0 Å². The van der Waals surface area contributed by atoms with Gasteiger partial charge in [0.15, 0.2) is 23.0 Å². The maximum Gasteiger partial charge on any atom is 0.338 e. The van der Waals surface area contributed by atoms with Gasteiger partial charge in [0.1, 0.15) is 6.10 Å². The molecule has 0 unspecified atom stereocenters. The Bertz CT molecular complexity index is 1430. The van der Waals surface area contributed by atoms with Gasteiger partial charge in [-0.05, 0) is 53.6 Å². The number of hydrogen-bond donors (Lipinski definition) is 0. The van der Waals surface area contributed by atoms with Crippen molar-refractivity contribution in [1.29, 1.82) is 0 Å². The fourth-order valence-corrected chi connectivity index (χ4v) is 5.87. The summed E-state index contributed by atoms with van der Waals surface area (Å²) in [6, 6.07) is 13.7. The highest BCUT2D eigenvalue weighted by atomic mass is 35.5. The molecule has 0 saturated carbocycles. The normalized spacial score (nSPS) is 21.0. The molecule has 0 N–H and O–H groups in total. The van der Waals surface area contributed by atoms with Crippen molar-refractivity contribution in [3.63, 3.8) is 0 Å². The Labute approximate surface area is 236 Å². The molecule has 0 bridgehead atoms. The zero-order valence-corrected chi connectivity index (χ0v) is 23.4. The summed E-state index contributed by atoms with van der Waals surface area (Å²) >= 11 is 6.12. The third-order valence-corrected chi connectivity index (χ3v) is 7.71. The molecule has 0 spiro atoms. The van der Waals surface area contributed by atoms with Gasteiger partial charge in [-0.1, -0.05) is 17.7 Å². The minimum Gasteiger partial charge on any atom is -0.493 e. The van der Waals surface area contributed by atoms with Crippen LogP contribution in [0, 0.1) is 11.8 Å². The summed E-state index contributed by atoms with van der Waals surface area (Å²) in [7, 11) is 7.65. The highest BCUT2D eigenvalue weighted by Gasteiger charge is 2.54. The van der Waals surface area contributed by atoms with E-state index < -0.39 is 35.8 Å². The van der Waals surface area contributed by atoms with Crippen LogP contribution in [0.3, 0.4) is 0 Å². The summed E-state index contributed by atoms with van der Waals surface area (Å²) in [4.78, 5) is 26.6. The van der Waals surface area contributed by atoms with Crippen LogP contribution in [0.1, 0.15) is 39.1 Å². The van der Waals surface area contributed by atoms with Gasteiger partial charge in [-0.2, -0.15) is 0 Å². The lowest BCUT2D eigenvalue weighted by atomic mass is 9.66. The molecule has 0 amide bonds. The molecule has 210 valence electrons. The molecular weight excluding hydrogens is 540 g/mol. The predicted octanol–water partition coefficient (Wildman–Crippen LogP) is 5.22. The van der Waals surface area contributed by atoms with E-state index in [0.717, 1.165) is 11.1 Å². The molecule has 1 fully saturated rings. The topological polar surface area (TPSA) is 98.8 Å². The Morgan fingerprint density at radius 3 is 2.02 bits per heavy atom. The number of ether oxygens (including phenoxy) is 7. The second kappa shape index (κ2) is 11.2. The predicted molar refractivity (Wildman–Crippen MR) is 145 cm³/mol. The number of fused-ring (bicyclic) bond motifs is 2. The number of hydrogen-bond acceptors (Lipinski definition) is 9. The number of benzene rings is 3. The van der Waals surface area contributed by atoms with Crippen molar-refractivity contribution >= 4 is 23.5 Å². The van der Waals surface area contributed by atoms with E-state index in [0.29, 0.717) is 44.9 Å². The molecule has 0 radical (unpaired) electrons. The van der Waals surface area contributed by atoms with Gasteiger partial charge >= 0.3 is 11.9 Å². The third kappa shape index (κ3) is 4.64. The van der Waals surface area contributed by atoms with E-state index in [2.05, 4.69) is 0 Å². The molecule has 10 heteroatoms. The van der Waals surface area contributed by atoms with Crippen LogP contribution in [-0.4, -0.2) is 54.1 Å². The van der Waals surface area contributed by atoms with Gasteiger partial charge in [-0.25, -0.2) is 4.79 Å². The number of esters is 2. The fourth-order valence-electron chi connectivity index (χ4n) is 5.68. The first-order valence-corrected chi connectivity index (χ1v) is 12.9. The number of halogens is 1. The van der Waals surface area contributed by atoms with Gasteiger partial charge in [-0.3, -0.25) is 4.79 Å². The summed E-state index contributed by atoms with van der Waals surface area (Å²) in [5.41, 5.74) is 2.42. The zero-order chi connectivity index (χ0) is 28.6. The second-order valence-corrected chi connectivity index (χ2v) is 9.86. The van der Waals surface area contributed by atoms with Crippen molar-refractivity contribution in [3.8, 4) is 28.7 Å². The lowest BCUT2D eigenvalue weighted by Crippen LogP contribution is -2.36. The molecule has 3 aromatic carbocycles. The average Bonchev–Trinajstić information content (AvgIpc) is 3.36. The molecule has 3 aromatic rings. The number of methoxy groups -OCH3 is 5. The quantitative estimate of drug-likeness (QED) is 0.339. The van der Waals surface area contributed by atoms with Gasteiger partial charge in [0.05, 0.1) is 53.6 Å². The number of carbonyl (C=O) groups is 2. The van der Waals surface area contributed by atoms with Crippen molar-refractivity contribution < 1.29 is 42.7 Å². The summed E-state index contributed by atoms with van der Waals surface area (Å²) in [5, 5.41) is 0.407. The molecule has 4 atom stereocenters. The van der Waals surface area contributed by atoms with Crippen LogP contribution in [0.25, 0.3) is 0 Å². The van der Waals surface area contributed by atoms with E-state index in [4.69, 9.17) is 44.8 Å². The molecule has 0 aromatic heterocycles. The van der Waals surface area contributed by atoms with Crippen LogP contribution in [0.5, 0.6) is 28.7 Å². The maximum absolute atomic E-state index is 13.3. The Morgan fingerprint density at radius 1 is 0.825 bits per heavy atom. The van der Waals surface area contributed by atoms with E-state index in [9.17, 15) is 9.59 Å². The molecule has 1 heterocycles. The first-order valence-electron chi connectivity index (χ1n) is 12.5. The zero-order valence-electron chi connectivity index (χ0n) is 22.7. The molecule has 1 aliphatic heterocycles. The van der Waals surface area contributed by atoms with Crippen LogP contribution in [-0.2, 0) is 14.3 Å². The van der Waals surface area contributed by atoms with Crippen LogP contribution in [0.15, 0.2) is 48.5 Å². The molecule has 40 heavy (non-hydrogen) atoms. The Balaban J connectivity index is 1.71. The van der Waals surface area contributed by atoms with Crippen molar-refractivity contribution in [2.75, 3.05) is 42.2 Å². The van der Waals surface area contributed by atoms with E-state index in [1.54, 1.807) is 24.3 Å². The van der Waals surface area contributed by atoms with Crippen LogP contribution in [0.4, 0.5) is 0 Å². The minimum absolute atomic E-state index is 0.0751. The van der Waals surface area contributed by atoms with Gasteiger partial charge in [0.25, 0.3) is 0 Å². The first kappa shape index (κ1) is 27.5. The third-order valence-electron chi connectivity index (χ3n) is 7.47. The standard InChI is InChI=1S/C30H29ClO9/c1-34-21-12-18-19(13-22(21)35-2)27(40-29(32)15-7-6-8-17(31)9-15)20-14-39-30(33)26(20)25(18)16-10-23(36-3)28(38-5)24(11-16)37-4/h6-13,20,25-27H,14H2,1-5H3/t20-,25+,26-,27-/m0/s1. The van der Waals surface area contributed by atoms with Crippen molar-refractivity contribution in [1.82, 2.24) is 0 Å². The summed E-state index contributed by atoms with van der Waals surface area (Å²) in [6.45, 7) is 0.0751. The van der Waals surface area contributed by atoms with E-state index in [-0.39, 0.29) is 6.61 Å². The van der Waals surface area contributed by atoms with Crippen LogP contribution < -0.4 is 23.7 Å². The molecule has 5 rings (SSSR count). The van der Waals surface area contributed by atoms with E-state index in [1.165, 1.54) is 41.6 Å². The van der Waals surface area contributed by atoms with Gasteiger partial charge in [0, 0.05) is 22.4 Å². The lowest BCUT2D eigenvalue weighted by Gasteiger charge is -2.39. The molecular formula is C30H29ClO9. The number of carbonyl (C=O) groups excluding carboxylic acids is 2. The SMILES string of the molecule is COc1cc2c(cc1OC)[C@H](OC(=O)c1cccc(Cl)c1)[C@H]1COC(=O)[C@@H]1[C@@H]2c1cc(OC)c(OC)c(OC)c1. The first-order chi connectivity index (χ1) is 19.3. The number of rotatable bonds is 8. The van der Waals surface area contributed by atoms with E-state index in [1.807, 2.05) is 18.2 Å². The van der Waals surface area contributed by atoms with Crippen molar-refractivity contribution in [2.24, 2.45) is 11.8 Å². The molecule has 1 saturated heterocycles. The smallest absolute Gasteiger partial charge is 0.338 e. The second-order valence-electron chi connectivity index (χ2n) is 9.43. The van der Waals surface area contributed by atoms with E-state index >= 15 is 0 Å². The Hall–Kier alpha value is -4.11. The van der Waals surface area contributed by atoms with Gasteiger partial charge in [-0.15, -0.1) is 0 Å². The van der Waals surface area contributed by atoms with Crippen LogP contribution in [0.2, 0.25) is 5.02 Å². The number of cyclic esters (lactones) is 1. The largest absolute Gasteiger partial charge is 0.493 e. The monoisotopic (exact) mass is 568 g/mol. The van der Waals surface area contributed by atoms with Crippen LogP contribution >= 0.6 is 11.6 Å².